The Hall–Kier alpha value is -3.32. The van der Waals surface area contributed by atoms with E-state index in [0.717, 1.165) is 28.7 Å². The van der Waals surface area contributed by atoms with E-state index in [9.17, 15) is 9.59 Å². The second-order valence-corrected chi connectivity index (χ2v) is 8.55. The third kappa shape index (κ3) is 3.89. The quantitative estimate of drug-likeness (QED) is 0.604. The molecule has 0 saturated carbocycles. The second kappa shape index (κ2) is 8.20. The Morgan fingerprint density at radius 3 is 2.97 bits per heavy atom. The number of pyridine rings is 1. The van der Waals surface area contributed by atoms with Crippen molar-refractivity contribution in [3.63, 3.8) is 0 Å². The molecule has 30 heavy (non-hydrogen) atoms. The molecular formula is C20H21N7O2S. The van der Waals surface area contributed by atoms with E-state index in [1.54, 1.807) is 11.1 Å². The maximum atomic E-state index is 12.3. The third-order valence-corrected chi connectivity index (χ3v) is 6.19. The molecule has 9 nitrogen and oxygen atoms in total. The molecule has 2 N–H and O–H groups in total. The molecule has 0 aromatic carbocycles. The van der Waals surface area contributed by atoms with Crippen molar-refractivity contribution in [3.05, 3.63) is 23.5 Å². The van der Waals surface area contributed by atoms with Crippen LogP contribution in [0.2, 0.25) is 0 Å². The van der Waals surface area contributed by atoms with E-state index < -0.39 is 0 Å². The lowest BCUT2D eigenvalue weighted by molar-refractivity contribution is -0.132. The number of amides is 1. The molecule has 1 amide bonds. The van der Waals surface area contributed by atoms with Crippen molar-refractivity contribution in [1.82, 2.24) is 25.1 Å². The highest BCUT2D eigenvalue weighted by molar-refractivity contribution is 7.16. The number of rotatable bonds is 5. The van der Waals surface area contributed by atoms with Crippen molar-refractivity contribution >= 4 is 39.7 Å². The van der Waals surface area contributed by atoms with Gasteiger partial charge in [-0.1, -0.05) is 18.3 Å². The lowest BCUT2D eigenvalue weighted by Gasteiger charge is -2.37. The van der Waals surface area contributed by atoms with Crippen LogP contribution in [0.5, 0.6) is 0 Å². The number of aromatic amines is 1. The molecule has 10 heteroatoms. The maximum Gasteiger partial charge on any atom is 0.236 e. The lowest BCUT2D eigenvalue weighted by atomic mass is 9.95. The summed E-state index contributed by atoms with van der Waals surface area (Å²) in [6.07, 6.45) is 4.32. The second-order valence-electron chi connectivity index (χ2n) is 7.57. The number of Topliss-reactive ketones (excluding diaryl/α,β-unsaturated/α-hetero) is 1. The van der Waals surface area contributed by atoms with E-state index in [2.05, 4.69) is 32.4 Å². The van der Waals surface area contributed by atoms with Crippen LogP contribution in [-0.4, -0.2) is 55.9 Å². The molecule has 154 valence electrons. The molecule has 4 rings (SSSR count). The van der Waals surface area contributed by atoms with Crippen LogP contribution in [0.4, 0.5) is 5.69 Å². The zero-order valence-corrected chi connectivity index (χ0v) is 17.5. The topological polar surface area (TPSA) is 128 Å². The predicted molar refractivity (Wildman–Crippen MR) is 113 cm³/mol. The summed E-state index contributed by atoms with van der Waals surface area (Å²) in [4.78, 5) is 33.3. The standard InChI is InChI=1S/C20H21N7O2S/c1-11-7-13(10-27(9-11)16(29)3-5-21)24-17-14-4-6-22-18(14)23-8-15(17)20-26-25-19(30-20)12(2)28/h4,6,8,11,13H,3,7,9-10H2,1-2H3,(H2,22,23,24)/t11-,13+/m0/s1. The average Bonchev–Trinajstić information content (AvgIpc) is 3.38. The van der Waals surface area contributed by atoms with Crippen molar-refractivity contribution in [1.29, 1.82) is 5.26 Å². The first kappa shape index (κ1) is 20.0. The molecule has 4 heterocycles. The van der Waals surface area contributed by atoms with E-state index in [1.807, 2.05) is 18.3 Å². The molecule has 1 fully saturated rings. The number of ketones is 1. The van der Waals surface area contributed by atoms with Crippen molar-refractivity contribution in [2.75, 3.05) is 18.4 Å². The molecule has 3 aromatic rings. The fraction of sp³-hybridized carbons (Fsp3) is 0.400. The average molecular weight is 424 g/mol. The van der Waals surface area contributed by atoms with E-state index in [1.165, 1.54) is 18.3 Å². The fourth-order valence-corrected chi connectivity index (χ4v) is 4.60. The Labute approximate surface area is 177 Å². The molecule has 1 aliphatic heterocycles. The van der Waals surface area contributed by atoms with Gasteiger partial charge in [0.1, 0.15) is 12.1 Å². The number of likely N-dealkylation sites (tertiary alicyclic amines) is 1. The van der Waals surface area contributed by atoms with Crippen molar-refractivity contribution in [2.45, 2.75) is 32.7 Å². The van der Waals surface area contributed by atoms with Gasteiger partial charge in [-0.25, -0.2) is 4.98 Å². The van der Waals surface area contributed by atoms with Gasteiger partial charge in [0.05, 0.1) is 17.3 Å². The van der Waals surface area contributed by atoms with Crippen LogP contribution >= 0.6 is 11.3 Å². The van der Waals surface area contributed by atoms with Crippen LogP contribution in [0.15, 0.2) is 18.5 Å². The molecule has 0 aliphatic carbocycles. The first-order chi connectivity index (χ1) is 14.5. The van der Waals surface area contributed by atoms with Gasteiger partial charge in [-0.05, 0) is 18.4 Å². The Bertz CT molecular complexity index is 1150. The van der Waals surface area contributed by atoms with E-state index >= 15 is 0 Å². The van der Waals surface area contributed by atoms with Crippen LogP contribution in [0.25, 0.3) is 21.6 Å². The normalized spacial score (nSPS) is 18.9. The molecule has 3 aromatic heterocycles. The van der Waals surface area contributed by atoms with Crippen LogP contribution in [0.3, 0.4) is 0 Å². The lowest BCUT2D eigenvalue weighted by Crippen LogP contribution is -2.48. The number of aromatic nitrogens is 4. The maximum absolute atomic E-state index is 12.3. The summed E-state index contributed by atoms with van der Waals surface area (Å²) in [7, 11) is 0. The number of piperidine rings is 1. The highest BCUT2D eigenvalue weighted by Gasteiger charge is 2.29. The van der Waals surface area contributed by atoms with E-state index in [-0.39, 0.29) is 24.2 Å². The molecule has 0 spiro atoms. The summed E-state index contributed by atoms with van der Waals surface area (Å²) < 4.78 is 0. The minimum Gasteiger partial charge on any atom is -0.379 e. The minimum absolute atomic E-state index is 0.0100. The summed E-state index contributed by atoms with van der Waals surface area (Å²) in [5, 5.41) is 22.5. The van der Waals surface area contributed by atoms with Gasteiger partial charge in [0, 0.05) is 43.8 Å². The fourth-order valence-electron chi connectivity index (χ4n) is 3.84. The monoisotopic (exact) mass is 423 g/mol. The highest BCUT2D eigenvalue weighted by Crippen LogP contribution is 2.36. The van der Waals surface area contributed by atoms with Gasteiger partial charge >= 0.3 is 0 Å². The smallest absolute Gasteiger partial charge is 0.236 e. The molecule has 1 saturated heterocycles. The first-order valence-electron chi connectivity index (χ1n) is 9.68. The number of H-pyrrole nitrogens is 1. The van der Waals surface area contributed by atoms with Gasteiger partial charge < -0.3 is 15.2 Å². The van der Waals surface area contributed by atoms with Crippen LogP contribution in [-0.2, 0) is 4.79 Å². The van der Waals surface area contributed by atoms with Gasteiger partial charge in [-0.2, -0.15) is 5.26 Å². The molecule has 0 unspecified atom stereocenters. The van der Waals surface area contributed by atoms with Crippen LogP contribution < -0.4 is 5.32 Å². The number of fused-ring (bicyclic) bond motifs is 1. The molecule has 1 aliphatic rings. The Morgan fingerprint density at radius 1 is 1.40 bits per heavy atom. The van der Waals surface area contributed by atoms with Gasteiger partial charge in [-0.3, -0.25) is 9.59 Å². The number of nitrogens with zero attached hydrogens (tertiary/aromatic N) is 5. The van der Waals surface area contributed by atoms with Crippen molar-refractivity contribution in [2.24, 2.45) is 5.92 Å². The SMILES string of the molecule is CC(=O)c1nnc(-c2cnc3[nH]ccc3c2N[C@@H]2C[C@H](C)CN(C(=O)CC#N)C2)s1. The van der Waals surface area contributed by atoms with Crippen LogP contribution in [0.1, 0.15) is 36.5 Å². The molecule has 0 radical (unpaired) electrons. The summed E-state index contributed by atoms with van der Waals surface area (Å²) >= 11 is 1.23. The third-order valence-electron chi connectivity index (χ3n) is 5.13. The zero-order chi connectivity index (χ0) is 21.3. The van der Waals surface area contributed by atoms with Gasteiger partial charge in [-0.15, -0.1) is 10.2 Å². The Kier molecular flexibility index (Phi) is 5.46. The van der Waals surface area contributed by atoms with Crippen molar-refractivity contribution < 1.29 is 9.59 Å². The molecule has 2 atom stereocenters. The summed E-state index contributed by atoms with van der Waals surface area (Å²) in [6, 6.07) is 3.89. The minimum atomic E-state index is -0.146. The number of anilines is 1. The number of nitrogens with one attached hydrogen (secondary N) is 2. The number of carbonyl (C=O) groups excluding carboxylic acids is 2. The number of hydrogen-bond acceptors (Lipinski definition) is 8. The Morgan fingerprint density at radius 2 is 2.23 bits per heavy atom. The van der Waals surface area contributed by atoms with Crippen LogP contribution in [0, 0.1) is 17.2 Å². The Balaban J connectivity index is 1.69. The molecular weight excluding hydrogens is 402 g/mol. The number of carbonyl (C=O) groups is 2. The van der Waals surface area contributed by atoms with Gasteiger partial charge in [0.25, 0.3) is 0 Å². The van der Waals surface area contributed by atoms with Crippen molar-refractivity contribution in [3.8, 4) is 16.6 Å². The largest absolute Gasteiger partial charge is 0.379 e. The zero-order valence-electron chi connectivity index (χ0n) is 16.7. The summed E-state index contributed by atoms with van der Waals surface area (Å²) in [6.45, 7) is 4.74. The van der Waals surface area contributed by atoms with E-state index in [4.69, 9.17) is 5.26 Å². The number of hydrogen-bond donors (Lipinski definition) is 2. The van der Waals surface area contributed by atoms with E-state index in [0.29, 0.717) is 29.0 Å². The summed E-state index contributed by atoms with van der Waals surface area (Å²) in [5.41, 5.74) is 2.35. The first-order valence-corrected chi connectivity index (χ1v) is 10.5. The number of nitriles is 1. The summed E-state index contributed by atoms with van der Waals surface area (Å²) in [5.74, 6) is 0.0289. The van der Waals surface area contributed by atoms with Gasteiger partial charge in [0.15, 0.2) is 15.8 Å². The predicted octanol–water partition coefficient (Wildman–Crippen LogP) is 2.85. The van der Waals surface area contributed by atoms with Gasteiger partial charge in [0.2, 0.25) is 5.91 Å². The highest BCUT2D eigenvalue weighted by atomic mass is 32.1. The molecule has 0 bridgehead atoms.